The Labute approximate surface area is 93.6 Å². The van der Waals surface area contributed by atoms with Crippen LogP contribution >= 0.6 is 0 Å². The Kier molecular flexibility index (Phi) is 4.00. The maximum absolute atomic E-state index is 11.0. The molecule has 2 N–H and O–H groups in total. The minimum atomic E-state index is -0.250. The van der Waals surface area contributed by atoms with Crippen LogP contribution in [0.5, 0.6) is 0 Å². The number of carbonyl (C=O) groups is 3. The van der Waals surface area contributed by atoms with Crippen molar-refractivity contribution in [1.82, 2.24) is 10.2 Å². The Morgan fingerprint density at radius 3 is 2.19 bits per heavy atom. The summed E-state index contributed by atoms with van der Waals surface area (Å²) in [7, 11) is 0. The van der Waals surface area contributed by atoms with Crippen LogP contribution in [-0.4, -0.2) is 47.9 Å². The molecule has 2 rings (SSSR count). The van der Waals surface area contributed by atoms with Crippen molar-refractivity contribution in [3.8, 4) is 0 Å². The lowest BCUT2D eigenvalue weighted by Gasteiger charge is -2.27. The summed E-state index contributed by atoms with van der Waals surface area (Å²) < 4.78 is 0. The van der Waals surface area contributed by atoms with Gasteiger partial charge in [-0.25, -0.2) is 0 Å². The van der Waals surface area contributed by atoms with Gasteiger partial charge in [-0.1, -0.05) is 6.92 Å². The molecule has 16 heavy (non-hydrogen) atoms. The van der Waals surface area contributed by atoms with Gasteiger partial charge in [0.15, 0.2) is 0 Å². The number of rotatable bonds is 2. The number of hydrogen-bond acceptors (Lipinski definition) is 4. The van der Waals surface area contributed by atoms with Crippen molar-refractivity contribution in [2.24, 2.45) is 5.41 Å². The Bertz CT molecular complexity index is 283. The molecule has 1 aliphatic heterocycles. The second kappa shape index (κ2) is 5.07. The van der Waals surface area contributed by atoms with E-state index >= 15 is 0 Å². The van der Waals surface area contributed by atoms with Crippen LogP contribution in [0.2, 0.25) is 0 Å². The molecule has 0 aromatic heterocycles. The number of carboxylic acid groups (broad SMARTS) is 1. The van der Waals surface area contributed by atoms with Crippen LogP contribution in [-0.2, 0) is 14.4 Å². The molecule has 6 heteroatoms. The molecule has 0 aromatic rings. The van der Waals surface area contributed by atoms with Gasteiger partial charge in [0, 0.05) is 6.54 Å². The van der Waals surface area contributed by atoms with Crippen molar-refractivity contribution in [2.45, 2.75) is 19.8 Å². The fraction of sp³-hybridized carbons (Fsp3) is 0.700. The second-order valence-electron chi connectivity index (χ2n) is 4.53. The summed E-state index contributed by atoms with van der Waals surface area (Å²) in [5, 5.41) is 9.18. The zero-order chi connectivity index (χ0) is 12.2. The third-order valence-corrected chi connectivity index (χ3v) is 2.72. The van der Waals surface area contributed by atoms with Crippen LogP contribution in [0.15, 0.2) is 0 Å². The van der Waals surface area contributed by atoms with Crippen molar-refractivity contribution in [1.29, 1.82) is 0 Å². The van der Waals surface area contributed by atoms with Crippen LogP contribution in [0.4, 0.5) is 0 Å². The second-order valence-corrected chi connectivity index (χ2v) is 4.53. The summed E-state index contributed by atoms with van der Waals surface area (Å²) in [5.74, 6) is -0.332. The van der Waals surface area contributed by atoms with Gasteiger partial charge in [0.2, 0.25) is 11.8 Å². The lowest BCUT2D eigenvalue weighted by atomic mass is 10.1. The number of amides is 2. The maximum atomic E-state index is 11.0. The van der Waals surface area contributed by atoms with E-state index in [-0.39, 0.29) is 18.3 Å². The van der Waals surface area contributed by atoms with Crippen LogP contribution in [0.3, 0.4) is 0 Å². The fourth-order valence-electron chi connectivity index (χ4n) is 1.72. The third-order valence-electron chi connectivity index (χ3n) is 2.72. The smallest absolute Gasteiger partial charge is 0.290 e. The number of hydrogen-bond donors (Lipinski definition) is 2. The molecule has 0 unspecified atom stereocenters. The van der Waals surface area contributed by atoms with Crippen LogP contribution in [0.25, 0.3) is 0 Å². The molecule has 0 bridgehead atoms. The predicted octanol–water partition coefficient (Wildman–Crippen LogP) is -0.554. The molecule has 2 fully saturated rings. The van der Waals surface area contributed by atoms with E-state index < -0.39 is 0 Å². The van der Waals surface area contributed by atoms with E-state index in [1.807, 2.05) is 4.90 Å². The summed E-state index contributed by atoms with van der Waals surface area (Å²) in [5.41, 5.74) is 0.373. The Morgan fingerprint density at radius 1 is 1.38 bits per heavy atom. The molecule has 2 amide bonds. The topological polar surface area (TPSA) is 86.7 Å². The monoisotopic (exact) mass is 228 g/mol. The van der Waals surface area contributed by atoms with E-state index in [0.29, 0.717) is 18.5 Å². The maximum Gasteiger partial charge on any atom is 0.290 e. The predicted molar refractivity (Wildman–Crippen MR) is 55.6 cm³/mol. The number of imide groups is 1. The van der Waals surface area contributed by atoms with E-state index in [2.05, 4.69) is 12.2 Å². The summed E-state index contributed by atoms with van der Waals surface area (Å²) in [6.45, 7) is 3.58. The first kappa shape index (κ1) is 12.6. The van der Waals surface area contributed by atoms with Gasteiger partial charge in [-0.05, 0) is 18.3 Å². The molecule has 6 nitrogen and oxygen atoms in total. The van der Waals surface area contributed by atoms with Crippen LogP contribution in [0.1, 0.15) is 19.8 Å². The van der Waals surface area contributed by atoms with Gasteiger partial charge >= 0.3 is 0 Å². The molecule has 2 aliphatic rings. The van der Waals surface area contributed by atoms with E-state index in [4.69, 9.17) is 9.90 Å². The Balaban J connectivity index is 0.000000386. The van der Waals surface area contributed by atoms with Gasteiger partial charge in [-0.3, -0.25) is 24.6 Å². The summed E-state index contributed by atoms with van der Waals surface area (Å²) in [4.78, 5) is 32.3. The summed E-state index contributed by atoms with van der Waals surface area (Å²) in [6.07, 6.45) is 2.44. The first-order valence-electron chi connectivity index (χ1n) is 5.12. The van der Waals surface area contributed by atoms with E-state index in [9.17, 15) is 9.59 Å². The minimum Gasteiger partial charge on any atom is -0.483 e. The van der Waals surface area contributed by atoms with E-state index in [1.165, 1.54) is 12.8 Å². The zero-order valence-electron chi connectivity index (χ0n) is 9.23. The largest absolute Gasteiger partial charge is 0.483 e. The molecule has 0 radical (unpaired) electrons. The fourth-order valence-corrected chi connectivity index (χ4v) is 1.72. The van der Waals surface area contributed by atoms with Gasteiger partial charge in [0.1, 0.15) is 0 Å². The highest BCUT2D eigenvalue weighted by atomic mass is 16.3. The van der Waals surface area contributed by atoms with Crippen molar-refractivity contribution in [2.75, 3.05) is 19.6 Å². The van der Waals surface area contributed by atoms with Gasteiger partial charge in [0.25, 0.3) is 6.47 Å². The van der Waals surface area contributed by atoms with Gasteiger partial charge < -0.3 is 5.11 Å². The third kappa shape index (κ3) is 3.98. The van der Waals surface area contributed by atoms with Crippen molar-refractivity contribution in [3.63, 3.8) is 0 Å². The zero-order valence-corrected chi connectivity index (χ0v) is 9.23. The van der Waals surface area contributed by atoms with Crippen LogP contribution < -0.4 is 5.32 Å². The highest BCUT2D eigenvalue weighted by molar-refractivity contribution is 5.99. The molecular weight excluding hydrogens is 212 g/mol. The van der Waals surface area contributed by atoms with Crippen molar-refractivity contribution in [3.05, 3.63) is 0 Å². The molecular formula is C10H16N2O4. The molecule has 1 saturated carbocycles. The molecule has 1 heterocycles. The number of nitrogens with zero attached hydrogens (tertiary/aromatic N) is 1. The summed E-state index contributed by atoms with van der Waals surface area (Å²) >= 11 is 0. The lowest BCUT2D eigenvalue weighted by molar-refractivity contribution is -0.136. The van der Waals surface area contributed by atoms with Crippen molar-refractivity contribution >= 4 is 18.3 Å². The van der Waals surface area contributed by atoms with E-state index in [1.54, 1.807) is 0 Å². The summed E-state index contributed by atoms with van der Waals surface area (Å²) in [6, 6.07) is 0. The van der Waals surface area contributed by atoms with Crippen molar-refractivity contribution < 1.29 is 19.5 Å². The average Bonchev–Trinajstić information content (AvgIpc) is 2.82. The van der Waals surface area contributed by atoms with Crippen LogP contribution in [0, 0.1) is 5.41 Å². The minimum absolute atomic E-state index is 0.166. The normalized spacial score (nSPS) is 22.8. The molecule has 0 spiro atoms. The van der Waals surface area contributed by atoms with Gasteiger partial charge in [-0.15, -0.1) is 0 Å². The molecule has 1 aliphatic carbocycles. The number of nitrogens with one attached hydrogen (secondary N) is 1. The molecule has 0 aromatic carbocycles. The average molecular weight is 228 g/mol. The highest BCUT2D eigenvalue weighted by Crippen LogP contribution is 2.45. The Hall–Kier alpha value is -1.43. The molecule has 1 saturated heterocycles. The SMILES string of the molecule is CC1(CN2CC(=O)NC(=O)C2)CC1.O=CO. The van der Waals surface area contributed by atoms with Gasteiger partial charge in [-0.2, -0.15) is 0 Å². The first-order chi connectivity index (χ1) is 7.49. The number of piperazine rings is 1. The molecule has 90 valence electrons. The standard InChI is InChI=1S/C9H14N2O2.CH2O2/c1-9(2-3-9)6-11-4-7(12)10-8(13)5-11;2-1-3/h2-6H2,1H3,(H,10,12,13);1H,(H,2,3). The quantitative estimate of drug-likeness (QED) is 0.489. The number of carbonyl (C=O) groups excluding carboxylic acids is 2. The van der Waals surface area contributed by atoms with Gasteiger partial charge in [0.05, 0.1) is 13.1 Å². The molecule has 0 atom stereocenters. The van der Waals surface area contributed by atoms with E-state index in [0.717, 1.165) is 6.54 Å². The Morgan fingerprint density at radius 2 is 1.81 bits per heavy atom. The lowest BCUT2D eigenvalue weighted by Crippen LogP contribution is -2.52. The highest BCUT2D eigenvalue weighted by Gasteiger charge is 2.40. The first-order valence-corrected chi connectivity index (χ1v) is 5.12.